The lowest BCUT2D eigenvalue weighted by Gasteiger charge is -2.00. The summed E-state index contributed by atoms with van der Waals surface area (Å²) in [6.07, 6.45) is 0. The molecule has 0 aliphatic rings. The summed E-state index contributed by atoms with van der Waals surface area (Å²) in [4.78, 5) is 20.6. The average molecular weight is 343 g/mol. The highest BCUT2D eigenvalue weighted by atomic mass is 32.1. The first kappa shape index (κ1) is 15.5. The summed E-state index contributed by atoms with van der Waals surface area (Å²) in [5, 5.41) is 33.4. The third kappa shape index (κ3) is 3.33. The van der Waals surface area contributed by atoms with Crippen molar-refractivity contribution >= 4 is 33.5 Å². The van der Waals surface area contributed by atoms with E-state index in [1.807, 2.05) is 0 Å². The summed E-state index contributed by atoms with van der Waals surface area (Å²) < 4.78 is 0. The smallest absolute Gasteiger partial charge is 0.271 e. The molecule has 0 unspecified atom stereocenters. The Labute approximate surface area is 138 Å². The number of nitro groups is 2. The first-order valence-electron chi connectivity index (χ1n) is 6.63. The first-order chi connectivity index (χ1) is 11.5. The van der Waals surface area contributed by atoms with E-state index in [9.17, 15) is 20.2 Å². The molecule has 0 fully saturated rings. The number of hydrogen-bond donors (Lipinski definition) is 1. The Morgan fingerprint density at radius 3 is 2.29 bits per heavy atom. The molecule has 24 heavy (non-hydrogen) atoms. The van der Waals surface area contributed by atoms with Gasteiger partial charge < -0.3 is 5.32 Å². The lowest BCUT2D eigenvalue weighted by atomic mass is 10.2. The second kappa shape index (κ2) is 6.38. The van der Waals surface area contributed by atoms with E-state index in [0.717, 1.165) is 0 Å². The van der Waals surface area contributed by atoms with Crippen LogP contribution in [0.2, 0.25) is 0 Å². The molecule has 1 heterocycles. The molecule has 3 rings (SSSR count). The molecule has 0 atom stereocenters. The quantitative estimate of drug-likeness (QED) is 0.552. The van der Waals surface area contributed by atoms with E-state index in [2.05, 4.69) is 15.5 Å². The van der Waals surface area contributed by atoms with Gasteiger partial charge in [-0.25, -0.2) is 0 Å². The highest BCUT2D eigenvalue weighted by Gasteiger charge is 2.12. The van der Waals surface area contributed by atoms with E-state index in [1.54, 1.807) is 24.3 Å². The van der Waals surface area contributed by atoms with E-state index in [1.165, 1.54) is 35.6 Å². The van der Waals surface area contributed by atoms with Crippen molar-refractivity contribution in [2.45, 2.75) is 0 Å². The fraction of sp³-hybridized carbons (Fsp3) is 0. The number of nitro benzene ring substituents is 2. The van der Waals surface area contributed by atoms with Crippen molar-refractivity contribution < 1.29 is 9.85 Å². The molecule has 0 aliphatic heterocycles. The van der Waals surface area contributed by atoms with Crippen molar-refractivity contribution in [3.63, 3.8) is 0 Å². The van der Waals surface area contributed by atoms with Gasteiger partial charge in [-0.1, -0.05) is 29.5 Å². The predicted octanol–water partition coefficient (Wildman–Crippen LogP) is 3.77. The number of nitrogens with one attached hydrogen (secondary N) is 1. The molecule has 0 saturated carbocycles. The van der Waals surface area contributed by atoms with Crippen molar-refractivity contribution in [3.8, 4) is 10.6 Å². The lowest BCUT2D eigenvalue weighted by Crippen LogP contribution is -1.92. The number of non-ortho nitro benzene ring substituents is 2. The number of nitrogens with zero attached hydrogens (tertiary/aromatic N) is 4. The topological polar surface area (TPSA) is 124 Å². The summed E-state index contributed by atoms with van der Waals surface area (Å²) >= 11 is 1.19. The van der Waals surface area contributed by atoms with Crippen LogP contribution in [0.5, 0.6) is 0 Å². The minimum atomic E-state index is -0.486. The van der Waals surface area contributed by atoms with E-state index in [-0.39, 0.29) is 11.4 Å². The van der Waals surface area contributed by atoms with E-state index >= 15 is 0 Å². The SMILES string of the molecule is O=[N+]([O-])c1cccc(Nc2nnc(-c3cccc([N+](=O)[O-])c3)s2)c1. The van der Waals surface area contributed by atoms with Gasteiger partial charge in [0.25, 0.3) is 11.4 Å². The average Bonchev–Trinajstić information content (AvgIpc) is 3.03. The maximum Gasteiger partial charge on any atom is 0.271 e. The standard InChI is InChI=1S/C14H9N5O4S/c20-18(21)11-5-1-3-9(7-11)13-16-17-14(24-13)15-10-4-2-6-12(8-10)19(22)23/h1-8H,(H,15,17). The second-order valence-electron chi connectivity index (χ2n) is 4.65. The van der Waals surface area contributed by atoms with Gasteiger partial charge in [0.05, 0.1) is 9.85 Å². The number of benzene rings is 2. The number of anilines is 2. The van der Waals surface area contributed by atoms with Crippen molar-refractivity contribution in [2.24, 2.45) is 0 Å². The third-order valence-electron chi connectivity index (χ3n) is 3.04. The van der Waals surface area contributed by atoms with E-state index < -0.39 is 9.85 Å². The van der Waals surface area contributed by atoms with Gasteiger partial charge >= 0.3 is 0 Å². The Morgan fingerprint density at radius 1 is 0.917 bits per heavy atom. The molecule has 0 saturated heterocycles. The second-order valence-corrected chi connectivity index (χ2v) is 5.63. The Hall–Kier alpha value is -3.40. The predicted molar refractivity (Wildman–Crippen MR) is 88.4 cm³/mol. The monoisotopic (exact) mass is 343 g/mol. The van der Waals surface area contributed by atoms with Gasteiger partial charge in [-0.05, 0) is 6.07 Å². The molecular weight excluding hydrogens is 334 g/mol. The molecule has 0 spiro atoms. The van der Waals surface area contributed by atoms with Crippen LogP contribution in [0.15, 0.2) is 48.5 Å². The summed E-state index contributed by atoms with van der Waals surface area (Å²) in [5.74, 6) is 0. The molecule has 1 N–H and O–H groups in total. The van der Waals surface area contributed by atoms with Crippen molar-refractivity contribution in [1.82, 2.24) is 10.2 Å². The largest absolute Gasteiger partial charge is 0.330 e. The fourth-order valence-electron chi connectivity index (χ4n) is 1.96. The molecule has 1 aromatic heterocycles. The zero-order chi connectivity index (χ0) is 17.1. The van der Waals surface area contributed by atoms with Crippen LogP contribution in [0.4, 0.5) is 22.2 Å². The van der Waals surface area contributed by atoms with E-state index in [0.29, 0.717) is 21.4 Å². The highest BCUT2D eigenvalue weighted by molar-refractivity contribution is 7.18. The van der Waals surface area contributed by atoms with Gasteiger partial charge in [0.15, 0.2) is 0 Å². The molecule has 0 radical (unpaired) electrons. The minimum absolute atomic E-state index is 0.0316. The fourth-order valence-corrected chi connectivity index (χ4v) is 2.72. The third-order valence-corrected chi connectivity index (χ3v) is 3.92. The zero-order valence-electron chi connectivity index (χ0n) is 11.9. The first-order valence-corrected chi connectivity index (χ1v) is 7.44. The summed E-state index contributed by atoms with van der Waals surface area (Å²) in [7, 11) is 0. The summed E-state index contributed by atoms with van der Waals surface area (Å²) in [6, 6.07) is 12.1. The van der Waals surface area contributed by atoms with Crippen LogP contribution >= 0.6 is 11.3 Å². The van der Waals surface area contributed by atoms with Crippen molar-refractivity contribution in [3.05, 3.63) is 68.8 Å². The van der Waals surface area contributed by atoms with Crippen LogP contribution in [0.1, 0.15) is 0 Å². The molecule has 10 heteroatoms. The summed E-state index contributed by atoms with van der Waals surface area (Å²) in [5.41, 5.74) is 1.01. The molecule has 120 valence electrons. The van der Waals surface area contributed by atoms with Crippen LogP contribution in [0.25, 0.3) is 10.6 Å². The minimum Gasteiger partial charge on any atom is -0.330 e. The molecule has 2 aromatic carbocycles. The van der Waals surface area contributed by atoms with Gasteiger partial charge in [0, 0.05) is 35.5 Å². The molecule has 0 bridgehead atoms. The van der Waals surface area contributed by atoms with E-state index in [4.69, 9.17) is 0 Å². The van der Waals surface area contributed by atoms with Crippen LogP contribution in [-0.4, -0.2) is 20.0 Å². The van der Waals surface area contributed by atoms with Crippen LogP contribution < -0.4 is 5.32 Å². The van der Waals surface area contributed by atoms with Crippen molar-refractivity contribution in [1.29, 1.82) is 0 Å². The van der Waals surface area contributed by atoms with Gasteiger partial charge in [-0.3, -0.25) is 20.2 Å². The lowest BCUT2D eigenvalue weighted by molar-refractivity contribution is -0.385. The molecule has 0 amide bonds. The van der Waals surface area contributed by atoms with Gasteiger partial charge in [-0.2, -0.15) is 0 Å². The van der Waals surface area contributed by atoms with Crippen LogP contribution in [-0.2, 0) is 0 Å². The Kier molecular flexibility index (Phi) is 4.12. The molecule has 3 aromatic rings. The normalized spacial score (nSPS) is 10.3. The Morgan fingerprint density at radius 2 is 1.58 bits per heavy atom. The number of hydrogen-bond acceptors (Lipinski definition) is 8. The molecular formula is C14H9N5O4S. The zero-order valence-corrected chi connectivity index (χ0v) is 12.8. The maximum absolute atomic E-state index is 10.8. The molecule has 0 aliphatic carbocycles. The Balaban J connectivity index is 1.83. The van der Waals surface area contributed by atoms with Crippen molar-refractivity contribution in [2.75, 3.05) is 5.32 Å². The number of rotatable bonds is 5. The van der Waals surface area contributed by atoms with Gasteiger partial charge in [0.2, 0.25) is 5.13 Å². The van der Waals surface area contributed by atoms with Crippen LogP contribution in [0.3, 0.4) is 0 Å². The Bertz CT molecular complexity index is 927. The van der Waals surface area contributed by atoms with Crippen LogP contribution in [0, 0.1) is 20.2 Å². The molecule has 9 nitrogen and oxygen atoms in total. The van der Waals surface area contributed by atoms with Gasteiger partial charge in [-0.15, -0.1) is 10.2 Å². The maximum atomic E-state index is 10.8. The van der Waals surface area contributed by atoms with Gasteiger partial charge in [0.1, 0.15) is 5.01 Å². The highest BCUT2D eigenvalue weighted by Crippen LogP contribution is 2.30. The number of aromatic nitrogens is 2. The summed E-state index contributed by atoms with van der Waals surface area (Å²) in [6.45, 7) is 0.